The van der Waals surface area contributed by atoms with E-state index in [0.717, 1.165) is 0 Å². The van der Waals surface area contributed by atoms with Crippen LogP contribution in [0.25, 0.3) is 0 Å². The fourth-order valence-corrected chi connectivity index (χ4v) is 1.24. The van der Waals surface area contributed by atoms with E-state index >= 15 is 0 Å². The Hall–Kier alpha value is 0.0400. The zero-order valence-electron chi connectivity index (χ0n) is 5.00. The zero-order valence-corrected chi connectivity index (χ0v) is 6.58. The second-order valence-corrected chi connectivity index (χ2v) is 4.18. The lowest BCUT2D eigenvalue weighted by Crippen LogP contribution is -2.07. The number of nitrogens with zero attached hydrogens (tertiary/aromatic N) is 2. The summed E-state index contributed by atoms with van der Waals surface area (Å²) in [6.07, 6.45) is 0.698. The Morgan fingerprint density at radius 1 is 1.67 bits per heavy atom. The molecule has 1 rings (SSSR count). The Morgan fingerprint density at radius 3 is 2.56 bits per heavy atom. The Morgan fingerprint density at radius 2 is 2.22 bits per heavy atom. The molecule has 0 aliphatic carbocycles. The molecule has 0 aromatic heterocycles. The molecule has 1 heterocycles. The van der Waals surface area contributed by atoms with Gasteiger partial charge in [-0.2, -0.15) is 10.2 Å². The highest BCUT2D eigenvalue weighted by atomic mass is 35.7. The molecule has 1 atom stereocenters. The topological polar surface area (TPSA) is 41.8 Å². The van der Waals surface area contributed by atoms with Crippen molar-refractivity contribution in [3.8, 4) is 0 Å². The van der Waals surface area contributed by atoms with E-state index in [-0.39, 0.29) is 5.66 Å². The van der Waals surface area contributed by atoms with Gasteiger partial charge in [-0.25, -0.2) is 4.21 Å². The first-order chi connectivity index (χ1) is 4.12. The summed E-state index contributed by atoms with van der Waals surface area (Å²) >= 11 is 0. The van der Waals surface area contributed by atoms with Crippen molar-refractivity contribution in [1.82, 2.24) is 0 Å². The van der Waals surface area contributed by atoms with E-state index in [0.29, 0.717) is 12.2 Å². The maximum atomic E-state index is 10.3. The normalized spacial score (nSPS) is 23.8. The minimum atomic E-state index is -1.22. The van der Waals surface area contributed by atoms with Gasteiger partial charge < -0.3 is 0 Å². The standard InChI is InChI=1S/C4H7ClN2OS/c1-4(6-7-4)2-3-9(5)8/h2-3H2,1H3. The van der Waals surface area contributed by atoms with Crippen LogP contribution in [0.4, 0.5) is 0 Å². The van der Waals surface area contributed by atoms with Crippen LogP contribution in [-0.2, 0) is 10.0 Å². The maximum Gasteiger partial charge on any atom is 0.189 e. The molecule has 0 N–H and O–H groups in total. The fourth-order valence-electron chi connectivity index (χ4n) is 0.459. The lowest BCUT2D eigenvalue weighted by molar-refractivity contribution is 0.634. The number of hydrogen-bond donors (Lipinski definition) is 0. The third kappa shape index (κ3) is 2.41. The maximum absolute atomic E-state index is 10.3. The Kier molecular flexibility index (Phi) is 1.86. The van der Waals surface area contributed by atoms with Gasteiger partial charge in [-0.15, -0.1) is 0 Å². The number of hydrogen-bond acceptors (Lipinski definition) is 3. The molecular formula is C4H7ClN2OS. The van der Waals surface area contributed by atoms with Crippen LogP contribution in [0, 0.1) is 0 Å². The van der Waals surface area contributed by atoms with E-state index in [1.165, 1.54) is 0 Å². The minimum absolute atomic E-state index is 0.245. The van der Waals surface area contributed by atoms with E-state index < -0.39 is 10.0 Å². The van der Waals surface area contributed by atoms with Gasteiger partial charge in [0.2, 0.25) is 0 Å². The summed E-state index contributed by atoms with van der Waals surface area (Å²) in [5.74, 6) is 0.477. The Balaban J connectivity index is 2.13. The van der Waals surface area contributed by atoms with Crippen LogP contribution < -0.4 is 0 Å². The lowest BCUT2D eigenvalue weighted by Gasteiger charge is -1.97. The molecule has 3 nitrogen and oxygen atoms in total. The summed E-state index contributed by atoms with van der Waals surface area (Å²) in [5.41, 5.74) is -0.245. The highest BCUT2D eigenvalue weighted by Gasteiger charge is 2.33. The molecule has 52 valence electrons. The Labute approximate surface area is 60.5 Å². The van der Waals surface area contributed by atoms with E-state index in [2.05, 4.69) is 10.2 Å². The molecule has 0 fully saturated rings. The SMILES string of the molecule is CC1(CCS(=O)Cl)N=N1. The molecule has 1 aliphatic rings. The zero-order chi connectivity index (χ0) is 6.91. The summed E-state index contributed by atoms with van der Waals surface area (Å²) in [4.78, 5) is 0. The second kappa shape index (κ2) is 2.34. The van der Waals surface area contributed by atoms with Crippen molar-refractivity contribution in [3.63, 3.8) is 0 Å². The summed E-state index contributed by atoms with van der Waals surface area (Å²) in [6, 6.07) is 0. The van der Waals surface area contributed by atoms with Crippen LogP contribution in [0.3, 0.4) is 0 Å². The van der Waals surface area contributed by atoms with E-state index in [1.807, 2.05) is 6.92 Å². The first-order valence-electron chi connectivity index (χ1n) is 2.61. The lowest BCUT2D eigenvalue weighted by atomic mass is 10.2. The van der Waals surface area contributed by atoms with Crippen LogP contribution in [0.2, 0.25) is 0 Å². The minimum Gasteiger partial charge on any atom is -0.243 e. The average molecular weight is 167 g/mol. The largest absolute Gasteiger partial charge is 0.243 e. The molecule has 0 amide bonds. The van der Waals surface area contributed by atoms with Crippen LogP contribution in [-0.4, -0.2) is 15.6 Å². The molecule has 0 aromatic carbocycles. The van der Waals surface area contributed by atoms with Crippen molar-refractivity contribution in [3.05, 3.63) is 0 Å². The van der Waals surface area contributed by atoms with Gasteiger partial charge in [-0.3, -0.25) is 0 Å². The average Bonchev–Trinajstić information content (AvgIpc) is 2.45. The highest BCUT2D eigenvalue weighted by Crippen LogP contribution is 2.30. The monoisotopic (exact) mass is 166 g/mol. The van der Waals surface area contributed by atoms with Crippen LogP contribution in [0.15, 0.2) is 10.2 Å². The van der Waals surface area contributed by atoms with E-state index in [1.54, 1.807) is 0 Å². The summed E-state index contributed by atoms with van der Waals surface area (Å²) in [7, 11) is 3.98. The van der Waals surface area contributed by atoms with Crippen molar-refractivity contribution in [2.45, 2.75) is 19.0 Å². The van der Waals surface area contributed by atoms with Crippen molar-refractivity contribution < 1.29 is 4.21 Å². The van der Waals surface area contributed by atoms with Gasteiger partial charge in [0.25, 0.3) is 0 Å². The van der Waals surface area contributed by atoms with Gasteiger partial charge in [0.1, 0.15) is 10.0 Å². The van der Waals surface area contributed by atoms with Gasteiger partial charge in [0, 0.05) is 12.2 Å². The predicted octanol–water partition coefficient (Wildman–Crippen LogP) is 1.46. The quantitative estimate of drug-likeness (QED) is 0.586. The molecule has 0 aromatic rings. The van der Waals surface area contributed by atoms with E-state index in [9.17, 15) is 4.21 Å². The molecule has 9 heavy (non-hydrogen) atoms. The first-order valence-corrected chi connectivity index (χ1v) is 4.76. The van der Waals surface area contributed by atoms with Gasteiger partial charge in [-0.05, 0) is 17.6 Å². The van der Waals surface area contributed by atoms with Crippen molar-refractivity contribution in [1.29, 1.82) is 0 Å². The van der Waals surface area contributed by atoms with Crippen molar-refractivity contribution in [2.24, 2.45) is 10.2 Å². The Bertz CT molecular complexity index is 164. The van der Waals surface area contributed by atoms with Crippen LogP contribution in [0.1, 0.15) is 13.3 Å². The molecule has 0 spiro atoms. The number of rotatable bonds is 3. The van der Waals surface area contributed by atoms with Gasteiger partial charge in [0.05, 0.1) is 0 Å². The molecule has 0 radical (unpaired) electrons. The molecule has 0 saturated heterocycles. The third-order valence-corrected chi connectivity index (χ3v) is 2.17. The fraction of sp³-hybridized carbons (Fsp3) is 1.00. The van der Waals surface area contributed by atoms with Crippen molar-refractivity contribution in [2.75, 3.05) is 5.75 Å². The third-order valence-electron chi connectivity index (χ3n) is 1.18. The van der Waals surface area contributed by atoms with E-state index in [4.69, 9.17) is 10.7 Å². The molecule has 1 unspecified atom stereocenters. The summed E-state index contributed by atoms with van der Waals surface area (Å²) in [6.45, 7) is 1.89. The molecular weight excluding hydrogens is 160 g/mol. The molecule has 0 saturated carbocycles. The smallest absolute Gasteiger partial charge is 0.189 e. The molecule has 0 bridgehead atoms. The second-order valence-electron chi connectivity index (χ2n) is 2.16. The van der Waals surface area contributed by atoms with Gasteiger partial charge >= 0.3 is 0 Å². The molecule has 5 heteroatoms. The first kappa shape index (κ1) is 7.15. The molecule has 1 aliphatic heterocycles. The summed E-state index contributed by atoms with van der Waals surface area (Å²) in [5, 5.41) is 7.48. The summed E-state index contributed by atoms with van der Waals surface area (Å²) < 4.78 is 10.3. The van der Waals surface area contributed by atoms with Crippen LogP contribution in [0.5, 0.6) is 0 Å². The van der Waals surface area contributed by atoms with Crippen molar-refractivity contribution >= 4 is 20.7 Å². The van der Waals surface area contributed by atoms with Gasteiger partial charge in [0.15, 0.2) is 5.66 Å². The predicted molar refractivity (Wildman–Crippen MR) is 36.7 cm³/mol. The number of halogens is 1. The van der Waals surface area contributed by atoms with Gasteiger partial charge in [-0.1, -0.05) is 0 Å². The highest BCUT2D eigenvalue weighted by molar-refractivity contribution is 8.08. The van der Waals surface area contributed by atoms with Crippen LogP contribution >= 0.6 is 10.7 Å².